The van der Waals surface area contributed by atoms with Gasteiger partial charge in [-0.2, -0.15) is 0 Å². The molecule has 4 rings (SSSR count). The first kappa shape index (κ1) is 19.6. The largest absolute Gasteiger partial charge is 0.504 e. The lowest BCUT2D eigenvalue weighted by molar-refractivity contribution is -0.118. The van der Waals surface area contributed by atoms with E-state index in [1.807, 2.05) is 6.07 Å². The molecule has 0 radical (unpaired) electrons. The number of fused-ring (bicyclic) bond motifs is 1. The van der Waals surface area contributed by atoms with Crippen molar-refractivity contribution in [2.24, 2.45) is 5.41 Å². The minimum atomic E-state index is -0.617. The van der Waals surface area contributed by atoms with Crippen LogP contribution < -0.4 is 10.2 Å². The van der Waals surface area contributed by atoms with Crippen LogP contribution in [-0.4, -0.2) is 28.7 Å². The third-order valence-electron chi connectivity index (χ3n) is 6.49. The van der Waals surface area contributed by atoms with Gasteiger partial charge in [0.05, 0.1) is 5.41 Å². The van der Waals surface area contributed by atoms with Crippen molar-refractivity contribution >= 4 is 17.3 Å². The van der Waals surface area contributed by atoms with Crippen molar-refractivity contribution in [3.63, 3.8) is 0 Å². The summed E-state index contributed by atoms with van der Waals surface area (Å²) in [6.45, 7) is 9.98. The van der Waals surface area contributed by atoms with Gasteiger partial charge in [-0.3, -0.25) is 4.79 Å². The van der Waals surface area contributed by atoms with Crippen LogP contribution in [0.4, 0.5) is 11.4 Å². The number of hydrogen-bond acceptors (Lipinski definition) is 4. The molecule has 2 aromatic carbocycles. The van der Waals surface area contributed by atoms with E-state index in [0.29, 0.717) is 6.04 Å². The smallest absolute Gasteiger partial charge is 0.235 e. The van der Waals surface area contributed by atoms with Crippen LogP contribution in [0.1, 0.15) is 51.7 Å². The monoisotopic (exact) mass is 394 g/mol. The first-order valence-corrected chi connectivity index (χ1v) is 10.4. The number of rotatable bonds is 4. The Bertz CT molecular complexity index is 957. The van der Waals surface area contributed by atoms with E-state index < -0.39 is 5.41 Å². The number of phenolic OH excluding ortho intramolecular Hbond substituents is 2. The number of nitrogens with one attached hydrogen (secondary N) is 1. The molecule has 1 atom stereocenters. The van der Waals surface area contributed by atoms with Gasteiger partial charge in [-0.15, -0.1) is 0 Å². The maximum atomic E-state index is 13.1. The molecule has 1 amide bonds. The molecule has 3 N–H and O–H groups in total. The molecule has 2 aromatic rings. The Balaban J connectivity index is 1.56. The number of nitrogens with zero attached hydrogens (tertiary/aromatic N) is 1. The quantitative estimate of drug-likeness (QED) is 0.665. The standard InChI is InChI=1S/C24H30N2O3/c1-5-26-18-8-7-17(12-15(18)13-21(26)23(2,3)4)25-22(29)24(10-11-24)16-6-9-19(27)20(28)14-16/h6-9,12,14,21,27-28H,5,10-11,13H2,1-4H3,(H,25,29). The van der Waals surface area contributed by atoms with Crippen LogP contribution in [0, 0.1) is 5.41 Å². The van der Waals surface area contributed by atoms with Gasteiger partial charge in [0.2, 0.25) is 5.91 Å². The van der Waals surface area contributed by atoms with Crippen molar-refractivity contribution in [3.8, 4) is 11.5 Å². The molecule has 5 heteroatoms. The summed E-state index contributed by atoms with van der Waals surface area (Å²) >= 11 is 0. The van der Waals surface area contributed by atoms with Gasteiger partial charge < -0.3 is 20.4 Å². The van der Waals surface area contributed by atoms with Gasteiger partial charge in [-0.1, -0.05) is 26.8 Å². The number of aromatic hydroxyl groups is 2. The summed E-state index contributed by atoms with van der Waals surface area (Å²) in [7, 11) is 0. The van der Waals surface area contributed by atoms with Crippen LogP contribution in [0.25, 0.3) is 0 Å². The van der Waals surface area contributed by atoms with Crippen molar-refractivity contribution in [2.75, 3.05) is 16.8 Å². The Morgan fingerprint density at radius 3 is 2.45 bits per heavy atom. The molecule has 0 saturated heterocycles. The van der Waals surface area contributed by atoms with Gasteiger partial charge in [0.25, 0.3) is 0 Å². The van der Waals surface area contributed by atoms with E-state index in [4.69, 9.17) is 0 Å². The zero-order chi connectivity index (χ0) is 21.0. The van der Waals surface area contributed by atoms with E-state index in [9.17, 15) is 15.0 Å². The SMILES string of the molecule is CCN1c2ccc(NC(=O)C3(c4ccc(O)c(O)c4)CC3)cc2CC1C(C)(C)C. The minimum absolute atomic E-state index is 0.0553. The molecule has 1 fully saturated rings. The molecule has 1 unspecified atom stereocenters. The summed E-state index contributed by atoms with van der Waals surface area (Å²) in [6, 6.07) is 11.3. The first-order chi connectivity index (χ1) is 13.7. The van der Waals surface area contributed by atoms with Gasteiger partial charge in [-0.25, -0.2) is 0 Å². The molecular weight excluding hydrogens is 364 g/mol. The fourth-order valence-electron chi connectivity index (χ4n) is 4.60. The summed E-state index contributed by atoms with van der Waals surface area (Å²) in [4.78, 5) is 15.5. The highest BCUT2D eigenvalue weighted by atomic mass is 16.3. The number of benzene rings is 2. The van der Waals surface area contributed by atoms with Crippen molar-refractivity contribution in [3.05, 3.63) is 47.5 Å². The van der Waals surface area contributed by atoms with E-state index in [0.717, 1.165) is 37.1 Å². The maximum absolute atomic E-state index is 13.1. The molecule has 0 aromatic heterocycles. The first-order valence-electron chi connectivity index (χ1n) is 10.4. The molecule has 5 nitrogen and oxygen atoms in total. The minimum Gasteiger partial charge on any atom is -0.504 e. The topological polar surface area (TPSA) is 72.8 Å². The van der Waals surface area contributed by atoms with E-state index in [1.54, 1.807) is 6.07 Å². The summed E-state index contributed by atoms with van der Waals surface area (Å²) < 4.78 is 0. The molecule has 2 aliphatic rings. The van der Waals surface area contributed by atoms with Gasteiger partial charge in [-0.05, 0) is 73.1 Å². The third-order valence-corrected chi connectivity index (χ3v) is 6.49. The number of likely N-dealkylation sites (N-methyl/N-ethyl adjacent to an activating group) is 1. The Labute approximate surface area is 172 Å². The Hall–Kier alpha value is -2.69. The number of anilines is 2. The predicted octanol–water partition coefficient (Wildman–Crippen LogP) is 4.57. The van der Waals surface area contributed by atoms with Gasteiger partial charge in [0.1, 0.15) is 0 Å². The zero-order valence-corrected chi connectivity index (χ0v) is 17.6. The predicted molar refractivity (Wildman–Crippen MR) is 116 cm³/mol. The van der Waals surface area contributed by atoms with Crippen molar-refractivity contribution in [1.29, 1.82) is 0 Å². The Kier molecular flexibility index (Phi) is 4.52. The highest BCUT2D eigenvalue weighted by Gasteiger charge is 2.51. The van der Waals surface area contributed by atoms with Crippen LogP contribution >= 0.6 is 0 Å². The Morgan fingerprint density at radius 2 is 1.86 bits per heavy atom. The highest BCUT2D eigenvalue weighted by molar-refractivity contribution is 6.01. The van der Waals surface area contributed by atoms with Crippen molar-refractivity contribution in [1.82, 2.24) is 0 Å². The average Bonchev–Trinajstić information content (AvgIpc) is 3.38. The number of carbonyl (C=O) groups is 1. The molecule has 29 heavy (non-hydrogen) atoms. The van der Waals surface area contributed by atoms with E-state index in [-0.39, 0.29) is 22.8 Å². The second-order valence-electron chi connectivity index (χ2n) is 9.46. The summed E-state index contributed by atoms with van der Waals surface area (Å²) in [6.07, 6.45) is 2.46. The van der Waals surface area contributed by atoms with Gasteiger partial charge in [0, 0.05) is 24.0 Å². The molecular formula is C24H30N2O3. The number of phenols is 2. The van der Waals surface area contributed by atoms with Crippen LogP contribution in [0.15, 0.2) is 36.4 Å². The van der Waals surface area contributed by atoms with Gasteiger partial charge >= 0.3 is 0 Å². The highest BCUT2D eigenvalue weighted by Crippen LogP contribution is 2.50. The second kappa shape index (κ2) is 6.68. The van der Waals surface area contributed by atoms with E-state index in [2.05, 4.69) is 50.0 Å². The van der Waals surface area contributed by atoms with E-state index >= 15 is 0 Å². The average molecular weight is 395 g/mol. The number of carbonyl (C=O) groups excluding carboxylic acids is 1. The summed E-state index contributed by atoms with van der Waals surface area (Å²) in [5.41, 5.74) is 3.65. The molecule has 0 bridgehead atoms. The molecule has 1 aliphatic heterocycles. The molecule has 1 heterocycles. The van der Waals surface area contributed by atoms with Crippen molar-refractivity contribution in [2.45, 2.75) is 58.4 Å². The second-order valence-corrected chi connectivity index (χ2v) is 9.46. The lowest BCUT2D eigenvalue weighted by Gasteiger charge is -2.36. The lowest BCUT2D eigenvalue weighted by atomic mass is 9.84. The lowest BCUT2D eigenvalue weighted by Crippen LogP contribution is -2.41. The van der Waals surface area contributed by atoms with Crippen LogP contribution in [0.3, 0.4) is 0 Å². The third kappa shape index (κ3) is 3.33. The zero-order valence-electron chi connectivity index (χ0n) is 17.6. The summed E-state index contributed by atoms with van der Waals surface area (Å²) in [5.74, 6) is -0.412. The Morgan fingerprint density at radius 1 is 1.14 bits per heavy atom. The van der Waals surface area contributed by atoms with Crippen LogP contribution in [0.2, 0.25) is 0 Å². The molecule has 154 valence electrons. The van der Waals surface area contributed by atoms with E-state index in [1.165, 1.54) is 23.4 Å². The van der Waals surface area contributed by atoms with Crippen molar-refractivity contribution < 1.29 is 15.0 Å². The van der Waals surface area contributed by atoms with Crippen LogP contribution in [-0.2, 0) is 16.6 Å². The number of amides is 1. The number of hydrogen-bond donors (Lipinski definition) is 3. The van der Waals surface area contributed by atoms with Crippen LogP contribution in [0.5, 0.6) is 11.5 Å². The van der Waals surface area contributed by atoms with Gasteiger partial charge in [0.15, 0.2) is 11.5 Å². The molecule has 0 spiro atoms. The fraction of sp³-hybridized carbons (Fsp3) is 0.458. The molecule has 1 aliphatic carbocycles. The fourth-order valence-corrected chi connectivity index (χ4v) is 4.60. The molecule has 1 saturated carbocycles. The normalized spacial score (nSPS) is 19.7. The maximum Gasteiger partial charge on any atom is 0.235 e. The summed E-state index contributed by atoms with van der Waals surface area (Å²) in [5, 5.41) is 22.5.